The Morgan fingerprint density at radius 3 is 2.67 bits per heavy atom. The first kappa shape index (κ1) is 16.0. The topological polar surface area (TPSA) is 55.6 Å². The molecule has 5 rings (SSSR count). The van der Waals surface area contributed by atoms with Crippen LogP contribution in [0.15, 0.2) is 72.4 Å². The molecule has 2 aromatic carbocycles. The van der Waals surface area contributed by atoms with E-state index in [2.05, 4.69) is 51.0 Å². The molecule has 1 atom stereocenters. The fourth-order valence-electron chi connectivity index (χ4n) is 3.36. The normalized spacial score (nSPS) is 12.5. The van der Waals surface area contributed by atoms with Crippen LogP contribution in [0, 0.1) is 0 Å². The predicted molar refractivity (Wildman–Crippen MR) is 111 cm³/mol. The summed E-state index contributed by atoms with van der Waals surface area (Å²) in [4.78, 5) is 14.7. The van der Waals surface area contributed by atoms with Crippen molar-refractivity contribution in [2.45, 2.75) is 13.0 Å². The van der Waals surface area contributed by atoms with Gasteiger partial charge in [-0.05, 0) is 42.6 Å². The second-order valence-corrected chi connectivity index (χ2v) is 7.25. The lowest BCUT2D eigenvalue weighted by molar-refractivity contribution is 0.770. The number of fused-ring (bicyclic) bond motifs is 2. The highest BCUT2D eigenvalue weighted by Crippen LogP contribution is 2.29. The maximum Gasteiger partial charge on any atom is 0.138 e. The molecule has 0 aliphatic carbocycles. The first-order valence-electron chi connectivity index (χ1n) is 8.79. The highest BCUT2D eigenvalue weighted by Gasteiger charge is 2.19. The van der Waals surface area contributed by atoms with Crippen LogP contribution in [0.1, 0.15) is 18.8 Å². The minimum absolute atomic E-state index is 0.0318. The number of anilines is 1. The summed E-state index contributed by atoms with van der Waals surface area (Å²) in [7, 11) is 0. The molecular formula is C21H17N5S. The van der Waals surface area contributed by atoms with E-state index in [1.54, 1.807) is 17.7 Å². The van der Waals surface area contributed by atoms with Crippen molar-refractivity contribution in [2.24, 2.45) is 0 Å². The molecule has 0 fully saturated rings. The number of nitrogens with zero attached hydrogens (tertiary/aromatic N) is 4. The second kappa shape index (κ2) is 6.48. The van der Waals surface area contributed by atoms with Crippen LogP contribution in [0.3, 0.4) is 0 Å². The molecule has 0 bridgehead atoms. The van der Waals surface area contributed by atoms with Crippen molar-refractivity contribution in [3.05, 3.63) is 78.2 Å². The second-order valence-electron chi connectivity index (χ2n) is 6.36. The molecule has 5 aromatic rings. The van der Waals surface area contributed by atoms with E-state index in [1.165, 1.54) is 0 Å². The molecular weight excluding hydrogens is 354 g/mol. The van der Waals surface area contributed by atoms with E-state index in [1.807, 2.05) is 41.8 Å². The van der Waals surface area contributed by atoms with Gasteiger partial charge in [0.05, 0.1) is 22.5 Å². The minimum atomic E-state index is -0.0318. The molecule has 0 amide bonds. The van der Waals surface area contributed by atoms with E-state index in [0.29, 0.717) is 0 Å². The van der Waals surface area contributed by atoms with Gasteiger partial charge in [-0.1, -0.05) is 30.3 Å². The third kappa shape index (κ3) is 2.74. The number of imidazole rings is 1. The molecule has 3 aromatic heterocycles. The lowest BCUT2D eigenvalue weighted by Gasteiger charge is -2.17. The van der Waals surface area contributed by atoms with Gasteiger partial charge in [0.25, 0.3) is 0 Å². The summed E-state index contributed by atoms with van der Waals surface area (Å²) in [6.07, 6.45) is 1.61. The van der Waals surface area contributed by atoms with E-state index in [9.17, 15) is 0 Å². The third-order valence-corrected chi connectivity index (χ3v) is 5.42. The van der Waals surface area contributed by atoms with E-state index in [4.69, 9.17) is 4.98 Å². The number of rotatable bonds is 4. The van der Waals surface area contributed by atoms with Crippen molar-refractivity contribution in [1.82, 2.24) is 19.5 Å². The van der Waals surface area contributed by atoms with E-state index < -0.39 is 0 Å². The molecule has 0 unspecified atom stereocenters. The molecule has 6 heteroatoms. The van der Waals surface area contributed by atoms with Crippen molar-refractivity contribution < 1.29 is 0 Å². The van der Waals surface area contributed by atoms with Gasteiger partial charge in [0.1, 0.15) is 22.8 Å². The first-order valence-corrected chi connectivity index (χ1v) is 9.67. The van der Waals surface area contributed by atoms with Crippen LogP contribution in [0.5, 0.6) is 0 Å². The Kier molecular flexibility index (Phi) is 3.83. The summed E-state index contributed by atoms with van der Waals surface area (Å²) in [5.74, 6) is 1.78. The highest BCUT2D eigenvalue weighted by molar-refractivity contribution is 7.16. The molecule has 132 valence electrons. The summed E-state index contributed by atoms with van der Waals surface area (Å²) in [6, 6.07) is 20.6. The van der Waals surface area contributed by atoms with Gasteiger partial charge in [0.15, 0.2) is 0 Å². The quantitative estimate of drug-likeness (QED) is 0.471. The number of thiophene rings is 1. The van der Waals surface area contributed by atoms with Gasteiger partial charge in [-0.3, -0.25) is 4.57 Å². The van der Waals surface area contributed by atoms with Crippen LogP contribution in [-0.4, -0.2) is 19.5 Å². The lowest BCUT2D eigenvalue weighted by Crippen LogP contribution is -2.14. The Balaban J connectivity index is 1.63. The smallest absolute Gasteiger partial charge is 0.138 e. The molecule has 27 heavy (non-hydrogen) atoms. The maximum absolute atomic E-state index is 4.91. The predicted octanol–water partition coefficient (Wildman–Crippen LogP) is 5.20. The van der Waals surface area contributed by atoms with Crippen LogP contribution in [0.25, 0.3) is 26.9 Å². The number of hydrogen-bond acceptors (Lipinski definition) is 5. The minimum Gasteiger partial charge on any atom is -0.360 e. The number of aromatic nitrogens is 4. The Hall–Kier alpha value is -3.25. The molecule has 0 saturated carbocycles. The van der Waals surface area contributed by atoms with Crippen LogP contribution >= 0.6 is 11.3 Å². The van der Waals surface area contributed by atoms with Crippen molar-refractivity contribution in [3.63, 3.8) is 0 Å². The Bertz CT molecular complexity index is 1230. The van der Waals surface area contributed by atoms with Gasteiger partial charge >= 0.3 is 0 Å². The largest absolute Gasteiger partial charge is 0.360 e. The Morgan fingerprint density at radius 1 is 0.963 bits per heavy atom. The van der Waals surface area contributed by atoms with Gasteiger partial charge in [-0.15, -0.1) is 11.3 Å². The average Bonchev–Trinajstić information content (AvgIpc) is 3.34. The van der Waals surface area contributed by atoms with E-state index >= 15 is 0 Å². The Morgan fingerprint density at radius 2 is 1.78 bits per heavy atom. The fraction of sp³-hybridized carbons (Fsp3) is 0.0952. The summed E-state index contributed by atoms with van der Waals surface area (Å²) in [5, 5.41) is 6.61. The van der Waals surface area contributed by atoms with Gasteiger partial charge in [-0.2, -0.15) is 0 Å². The standard InChI is InChI=1S/C21H17N5S/c1-14(24-19-16-11-12-27-21(16)23-13-22-19)20-25-17-9-5-6-10-18(17)26(20)15-7-3-2-4-8-15/h2-14H,1H3,(H,22,23,24)/t14-/m0/s1. The van der Waals surface area contributed by atoms with Gasteiger partial charge in [0, 0.05) is 5.69 Å². The van der Waals surface area contributed by atoms with Crippen LogP contribution < -0.4 is 5.32 Å². The zero-order valence-corrected chi connectivity index (χ0v) is 15.5. The number of hydrogen-bond donors (Lipinski definition) is 1. The summed E-state index contributed by atoms with van der Waals surface area (Å²) in [6.45, 7) is 2.11. The molecule has 0 radical (unpaired) electrons. The summed E-state index contributed by atoms with van der Waals surface area (Å²) in [5.41, 5.74) is 3.17. The van der Waals surface area contributed by atoms with Crippen LogP contribution in [0.4, 0.5) is 5.82 Å². The summed E-state index contributed by atoms with van der Waals surface area (Å²) >= 11 is 1.62. The average molecular weight is 371 g/mol. The van der Waals surface area contributed by atoms with Crippen LogP contribution in [-0.2, 0) is 0 Å². The van der Waals surface area contributed by atoms with E-state index in [-0.39, 0.29) is 6.04 Å². The van der Waals surface area contributed by atoms with Crippen molar-refractivity contribution in [3.8, 4) is 5.69 Å². The van der Waals surface area contributed by atoms with Crippen molar-refractivity contribution in [1.29, 1.82) is 0 Å². The SMILES string of the molecule is C[C@H](Nc1ncnc2sccc12)c1nc2ccccc2n1-c1ccccc1. The molecule has 0 aliphatic heterocycles. The van der Waals surface area contributed by atoms with Gasteiger partial charge in [0.2, 0.25) is 0 Å². The molecule has 5 nitrogen and oxygen atoms in total. The number of para-hydroxylation sites is 3. The zero-order valence-electron chi connectivity index (χ0n) is 14.7. The monoisotopic (exact) mass is 371 g/mol. The van der Waals surface area contributed by atoms with Crippen molar-refractivity contribution >= 4 is 38.4 Å². The van der Waals surface area contributed by atoms with Crippen LogP contribution in [0.2, 0.25) is 0 Å². The number of benzene rings is 2. The van der Waals surface area contributed by atoms with Gasteiger partial charge < -0.3 is 5.32 Å². The number of nitrogens with one attached hydrogen (secondary N) is 1. The third-order valence-electron chi connectivity index (χ3n) is 4.60. The fourth-order valence-corrected chi connectivity index (χ4v) is 4.09. The molecule has 0 aliphatic rings. The molecule has 1 N–H and O–H groups in total. The van der Waals surface area contributed by atoms with Crippen molar-refractivity contribution in [2.75, 3.05) is 5.32 Å². The molecule has 3 heterocycles. The zero-order chi connectivity index (χ0) is 18.2. The van der Waals surface area contributed by atoms with Gasteiger partial charge in [-0.25, -0.2) is 15.0 Å². The lowest BCUT2D eigenvalue weighted by atomic mass is 10.2. The first-order chi connectivity index (χ1) is 13.3. The highest BCUT2D eigenvalue weighted by atomic mass is 32.1. The van der Waals surface area contributed by atoms with E-state index in [0.717, 1.165) is 38.6 Å². The molecule has 0 spiro atoms. The Labute approximate surface area is 160 Å². The summed E-state index contributed by atoms with van der Waals surface area (Å²) < 4.78 is 2.21. The maximum atomic E-state index is 4.91. The molecule has 0 saturated heterocycles.